The predicted octanol–water partition coefficient (Wildman–Crippen LogP) is 2.61. The maximum atomic E-state index is 11.7. The van der Waals surface area contributed by atoms with Gasteiger partial charge in [-0.05, 0) is 11.5 Å². The lowest BCUT2D eigenvalue weighted by molar-refractivity contribution is 0.105. The Morgan fingerprint density at radius 1 is 0.944 bits per heavy atom. The van der Waals surface area contributed by atoms with Crippen molar-refractivity contribution in [2.24, 2.45) is 0 Å². The van der Waals surface area contributed by atoms with E-state index in [9.17, 15) is 9.90 Å². The fraction of sp³-hybridized carbons (Fsp3) is 0.0625. The first-order valence-corrected chi connectivity index (χ1v) is 5.61. The summed E-state index contributed by atoms with van der Waals surface area (Å²) in [4.78, 5) is 11.7. The van der Waals surface area contributed by atoms with E-state index < -0.39 is 6.10 Å². The number of carbonyl (C=O) groups is 1. The number of aliphatic hydroxyl groups excluding tert-OH is 1. The lowest BCUT2D eigenvalue weighted by atomic mass is 10.1. The smallest absolute Gasteiger partial charge is 0.235 e. The Bertz CT molecular complexity index is 577. The standard InChI is InChI=1S/C16H12O2/c17-15(13-7-3-1-4-8-13)11-12-16(18)14-9-5-2-6-10-14/h1-10,15,17H. The molecule has 2 aromatic carbocycles. The van der Waals surface area contributed by atoms with Crippen LogP contribution in [0.3, 0.4) is 0 Å². The summed E-state index contributed by atoms with van der Waals surface area (Å²) in [5.74, 6) is 4.72. The number of ketones is 1. The Labute approximate surface area is 106 Å². The fourth-order valence-corrected chi connectivity index (χ4v) is 1.51. The quantitative estimate of drug-likeness (QED) is 0.494. The van der Waals surface area contributed by atoms with Crippen LogP contribution in [-0.4, -0.2) is 10.9 Å². The van der Waals surface area contributed by atoms with Crippen molar-refractivity contribution in [3.63, 3.8) is 0 Å². The first-order valence-electron chi connectivity index (χ1n) is 5.61. The molecule has 0 bridgehead atoms. The van der Waals surface area contributed by atoms with Crippen LogP contribution in [0.1, 0.15) is 22.0 Å². The van der Waals surface area contributed by atoms with Gasteiger partial charge in [0.2, 0.25) is 5.78 Å². The van der Waals surface area contributed by atoms with E-state index in [1.54, 1.807) is 36.4 Å². The molecule has 0 fully saturated rings. The zero-order chi connectivity index (χ0) is 12.8. The van der Waals surface area contributed by atoms with Crippen LogP contribution in [0.4, 0.5) is 0 Å². The van der Waals surface area contributed by atoms with Gasteiger partial charge < -0.3 is 5.11 Å². The summed E-state index contributed by atoms with van der Waals surface area (Å²) in [6.07, 6.45) is -0.932. The summed E-state index contributed by atoms with van der Waals surface area (Å²) in [6.45, 7) is 0. The zero-order valence-electron chi connectivity index (χ0n) is 9.71. The molecule has 0 saturated carbocycles. The minimum atomic E-state index is -0.932. The van der Waals surface area contributed by atoms with E-state index >= 15 is 0 Å². The number of rotatable bonds is 2. The van der Waals surface area contributed by atoms with Crippen molar-refractivity contribution in [3.8, 4) is 11.8 Å². The molecule has 1 atom stereocenters. The molecule has 0 heterocycles. The molecule has 88 valence electrons. The fourth-order valence-electron chi connectivity index (χ4n) is 1.51. The summed E-state index contributed by atoms with van der Waals surface area (Å²) >= 11 is 0. The number of hydrogen-bond acceptors (Lipinski definition) is 2. The average molecular weight is 236 g/mol. The van der Waals surface area contributed by atoms with Crippen LogP contribution < -0.4 is 0 Å². The van der Waals surface area contributed by atoms with E-state index in [1.165, 1.54) is 0 Å². The molecule has 1 unspecified atom stereocenters. The Hall–Kier alpha value is -2.37. The second kappa shape index (κ2) is 5.81. The first-order chi connectivity index (χ1) is 8.77. The molecule has 2 nitrogen and oxygen atoms in total. The van der Waals surface area contributed by atoms with Gasteiger partial charge in [0, 0.05) is 5.56 Å². The molecule has 2 rings (SSSR count). The highest BCUT2D eigenvalue weighted by Gasteiger charge is 2.03. The van der Waals surface area contributed by atoms with Gasteiger partial charge in [0.15, 0.2) is 0 Å². The molecule has 2 aromatic rings. The Morgan fingerprint density at radius 3 is 2.11 bits per heavy atom. The van der Waals surface area contributed by atoms with E-state index in [2.05, 4.69) is 11.8 Å². The van der Waals surface area contributed by atoms with E-state index in [1.807, 2.05) is 24.3 Å². The zero-order valence-corrected chi connectivity index (χ0v) is 9.71. The van der Waals surface area contributed by atoms with Gasteiger partial charge in [-0.3, -0.25) is 4.79 Å². The van der Waals surface area contributed by atoms with Crippen molar-refractivity contribution in [3.05, 3.63) is 71.8 Å². The van der Waals surface area contributed by atoms with Crippen LogP contribution in [-0.2, 0) is 0 Å². The van der Waals surface area contributed by atoms with Gasteiger partial charge in [0.05, 0.1) is 0 Å². The van der Waals surface area contributed by atoms with Crippen molar-refractivity contribution in [2.45, 2.75) is 6.10 Å². The van der Waals surface area contributed by atoms with Gasteiger partial charge >= 0.3 is 0 Å². The molecule has 18 heavy (non-hydrogen) atoms. The summed E-state index contributed by atoms with van der Waals surface area (Å²) in [6, 6.07) is 17.8. The van der Waals surface area contributed by atoms with Crippen LogP contribution >= 0.6 is 0 Å². The van der Waals surface area contributed by atoms with E-state index in [-0.39, 0.29) is 5.78 Å². The second-order valence-corrected chi connectivity index (χ2v) is 3.78. The molecule has 0 aromatic heterocycles. The molecule has 0 aliphatic carbocycles. The molecule has 0 aliphatic heterocycles. The summed E-state index contributed by atoms with van der Waals surface area (Å²) in [5.41, 5.74) is 1.22. The van der Waals surface area contributed by atoms with Crippen LogP contribution in [0.25, 0.3) is 0 Å². The Morgan fingerprint density at radius 2 is 1.50 bits per heavy atom. The van der Waals surface area contributed by atoms with Gasteiger partial charge in [0.25, 0.3) is 0 Å². The van der Waals surface area contributed by atoms with Gasteiger partial charge in [-0.2, -0.15) is 0 Å². The number of benzene rings is 2. The lowest BCUT2D eigenvalue weighted by Gasteiger charge is -2.01. The molecular weight excluding hydrogens is 224 g/mol. The third kappa shape index (κ3) is 3.07. The molecule has 0 saturated heterocycles. The maximum absolute atomic E-state index is 11.7. The topological polar surface area (TPSA) is 37.3 Å². The third-order valence-electron chi connectivity index (χ3n) is 2.47. The highest BCUT2D eigenvalue weighted by Crippen LogP contribution is 2.10. The summed E-state index contributed by atoms with van der Waals surface area (Å²) < 4.78 is 0. The monoisotopic (exact) mass is 236 g/mol. The van der Waals surface area contributed by atoms with E-state index in [4.69, 9.17) is 0 Å². The largest absolute Gasteiger partial charge is 0.376 e. The van der Waals surface area contributed by atoms with Crippen molar-refractivity contribution >= 4 is 5.78 Å². The van der Waals surface area contributed by atoms with Gasteiger partial charge in [-0.25, -0.2) is 0 Å². The Balaban J connectivity index is 2.11. The van der Waals surface area contributed by atoms with Crippen molar-refractivity contribution in [1.29, 1.82) is 0 Å². The van der Waals surface area contributed by atoms with E-state index in [0.717, 1.165) is 0 Å². The Kier molecular flexibility index (Phi) is 3.90. The second-order valence-electron chi connectivity index (χ2n) is 3.78. The average Bonchev–Trinajstić information content (AvgIpc) is 2.46. The molecule has 2 heteroatoms. The molecule has 1 N–H and O–H groups in total. The number of carbonyl (C=O) groups excluding carboxylic acids is 1. The van der Waals surface area contributed by atoms with Crippen LogP contribution in [0, 0.1) is 11.8 Å². The first kappa shape index (κ1) is 12.1. The number of hydrogen-bond donors (Lipinski definition) is 1. The number of aliphatic hydroxyl groups is 1. The SMILES string of the molecule is O=C(C#CC(O)c1ccccc1)c1ccccc1. The molecule has 0 amide bonds. The number of Topliss-reactive ketones (excluding diaryl/α,β-unsaturated/α-hetero) is 1. The normalized spacial score (nSPS) is 11.2. The summed E-state index contributed by atoms with van der Waals surface area (Å²) in [5, 5.41) is 9.79. The highest BCUT2D eigenvalue weighted by atomic mass is 16.3. The lowest BCUT2D eigenvalue weighted by Crippen LogP contribution is -1.97. The van der Waals surface area contributed by atoms with Crippen molar-refractivity contribution < 1.29 is 9.90 Å². The summed E-state index contributed by atoms with van der Waals surface area (Å²) in [7, 11) is 0. The highest BCUT2D eigenvalue weighted by molar-refractivity contribution is 6.09. The van der Waals surface area contributed by atoms with Crippen LogP contribution in [0.2, 0.25) is 0 Å². The van der Waals surface area contributed by atoms with Gasteiger partial charge in [-0.1, -0.05) is 66.6 Å². The van der Waals surface area contributed by atoms with Gasteiger partial charge in [-0.15, -0.1) is 0 Å². The minimum absolute atomic E-state index is 0.286. The van der Waals surface area contributed by atoms with Crippen molar-refractivity contribution in [2.75, 3.05) is 0 Å². The molecule has 0 spiro atoms. The van der Waals surface area contributed by atoms with E-state index in [0.29, 0.717) is 11.1 Å². The molecular formula is C16H12O2. The molecule has 0 aliphatic rings. The molecule has 0 radical (unpaired) electrons. The maximum Gasteiger partial charge on any atom is 0.235 e. The predicted molar refractivity (Wildman–Crippen MR) is 70.0 cm³/mol. The van der Waals surface area contributed by atoms with Crippen LogP contribution in [0.5, 0.6) is 0 Å². The van der Waals surface area contributed by atoms with Gasteiger partial charge in [0.1, 0.15) is 6.10 Å². The minimum Gasteiger partial charge on any atom is -0.376 e. The third-order valence-corrected chi connectivity index (χ3v) is 2.47. The van der Waals surface area contributed by atoms with Crippen LogP contribution in [0.15, 0.2) is 60.7 Å². The van der Waals surface area contributed by atoms with Crippen molar-refractivity contribution in [1.82, 2.24) is 0 Å².